The molecule has 6 unspecified atom stereocenters. The maximum absolute atomic E-state index is 14.9. The van der Waals surface area contributed by atoms with Gasteiger partial charge < -0.3 is 9.47 Å². The van der Waals surface area contributed by atoms with Gasteiger partial charge in [0.05, 0.1) is 13.2 Å². The Bertz CT molecular complexity index is 1230. The number of hydrogen-bond acceptors (Lipinski definition) is 3. The van der Waals surface area contributed by atoms with Gasteiger partial charge in [0.15, 0.2) is 0 Å². The third-order valence-electron chi connectivity index (χ3n) is 13.0. The normalized spacial score (nSPS) is 26.0. The summed E-state index contributed by atoms with van der Waals surface area (Å²) in [5.74, 6) is 3.77. The van der Waals surface area contributed by atoms with E-state index in [-0.39, 0.29) is 11.8 Å². The molecule has 1 aromatic rings. The number of rotatable bonds is 22. The minimum absolute atomic E-state index is 0.0692. The van der Waals surface area contributed by atoms with Crippen LogP contribution in [0.2, 0.25) is 0 Å². The van der Waals surface area contributed by atoms with Crippen molar-refractivity contribution in [3.63, 3.8) is 0 Å². The van der Waals surface area contributed by atoms with E-state index in [4.69, 9.17) is 9.47 Å². The molecule has 48 heavy (non-hydrogen) atoms. The molecule has 3 nitrogen and oxygen atoms in total. The summed E-state index contributed by atoms with van der Waals surface area (Å²) < 4.78 is 12.5. The number of unbranched alkanes of at least 4 members (excludes halogenated alkanes) is 1. The lowest BCUT2D eigenvalue weighted by molar-refractivity contribution is -0.131. The zero-order chi connectivity index (χ0) is 34.1. The van der Waals surface area contributed by atoms with Crippen molar-refractivity contribution in [2.24, 2.45) is 52.8 Å². The molecule has 6 atom stereocenters. The first-order valence-corrected chi connectivity index (χ1v) is 19.6. The molecule has 4 aliphatic rings. The number of allylic oxidation sites excluding steroid dienone is 3. The van der Waals surface area contributed by atoms with Crippen molar-refractivity contribution >= 4 is 5.78 Å². The highest BCUT2D eigenvalue weighted by molar-refractivity contribution is 5.85. The van der Waals surface area contributed by atoms with Crippen molar-refractivity contribution < 1.29 is 14.3 Å². The molecule has 0 radical (unpaired) electrons. The van der Waals surface area contributed by atoms with Gasteiger partial charge in [-0.2, -0.15) is 0 Å². The zero-order valence-corrected chi connectivity index (χ0v) is 30.6. The lowest BCUT2D eigenvalue weighted by Crippen LogP contribution is -2.36. The molecule has 3 fully saturated rings. The second kappa shape index (κ2) is 17.6. The van der Waals surface area contributed by atoms with Crippen LogP contribution in [0.1, 0.15) is 108 Å². The summed E-state index contributed by atoms with van der Waals surface area (Å²) in [6.07, 6.45) is 20.7. The SMILES string of the molecule is C=CCCCOCC(=C)C(CCC=C)CCOCC1C(C(=O)C(CC(=C)CC2CCCCC2)C2Cc3ccccc3C2)CC2C1C2(C)C. The second-order valence-corrected chi connectivity index (χ2v) is 16.6. The minimum atomic E-state index is 0.0692. The Labute approximate surface area is 293 Å². The number of Topliss-reactive ketones (excluding diaryl/α,β-unsaturated/α-hetero) is 1. The largest absolute Gasteiger partial charge is 0.381 e. The molecule has 0 heterocycles. The van der Waals surface area contributed by atoms with Crippen LogP contribution in [0.5, 0.6) is 0 Å². The summed E-state index contributed by atoms with van der Waals surface area (Å²) in [7, 11) is 0. The molecule has 5 rings (SSSR count). The van der Waals surface area contributed by atoms with Gasteiger partial charge in [0.25, 0.3) is 0 Å². The molecule has 3 saturated carbocycles. The third kappa shape index (κ3) is 9.30. The smallest absolute Gasteiger partial charge is 0.140 e. The fourth-order valence-corrected chi connectivity index (χ4v) is 10.1. The molecule has 0 saturated heterocycles. The first kappa shape index (κ1) is 37.0. The molecule has 4 aliphatic carbocycles. The van der Waals surface area contributed by atoms with Gasteiger partial charge in [0.2, 0.25) is 0 Å². The van der Waals surface area contributed by atoms with E-state index in [0.29, 0.717) is 60.6 Å². The van der Waals surface area contributed by atoms with Gasteiger partial charge in [0, 0.05) is 25.0 Å². The molecule has 0 bridgehead atoms. The molecule has 0 spiro atoms. The number of fused-ring (bicyclic) bond motifs is 2. The summed E-state index contributed by atoms with van der Waals surface area (Å²) >= 11 is 0. The maximum Gasteiger partial charge on any atom is 0.140 e. The second-order valence-electron chi connectivity index (χ2n) is 16.6. The number of carbonyl (C=O) groups is 1. The highest BCUT2D eigenvalue weighted by Crippen LogP contribution is 2.71. The standard InChI is InChI=1S/C45H66O3/c1-7-9-16-23-47-30-33(4)35(19-10-8-2)22-24-48-31-41-40(29-42-43(41)45(42,5)6)44(46)39(26-32(3)25-34-17-12-11-13-18-34)38-27-36-20-14-15-21-37(36)28-38/h7-8,14-15,20-21,34-35,38-43H,1-4,9-13,16-19,22-31H2,5-6H3. The molecular formula is C45H66O3. The van der Waals surface area contributed by atoms with Crippen molar-refractivity contribution in [2.45, 2.75) is 110 Å². The van der Waals surface area contributed by atoms with Crippen LogP contribution in [-0.2, 0) is 27.1 Å². The summed E-state index contributed by atoms with van der Waals surface area (Å²) in [5, 5.41) is 0. The number of benzene rings is 1. The van der Waals surface area contributed by atoms with E-state index in [1.807, 2.05) is 12.2 Å². The molecule has 3 heteroatoms. The van der Waals surface area contributed by atoms with E-state index in [1.54, 1.807) is 0 Å². The quantitative estimate of drug-likeness (QED) is 0.0922. The highest BCUT2D eigenvalue weighted by Gasteiger charge is 2.68. The first-order chi connectivity index (χ1) is 23.2. The molecule has 0 aromatic heterocycles. The van der Waals surface area contributed by atoms with Crippen LogP contribution in [-0.4, -0.2) is 32.2 Å². The van der Waals surface area contributed by atoms with Crippen LogP contribution in [0.15, 0.2) is 73.9 Å². The predicted molar refractivity (Wildman–Crippen MR) is 201 cm³/mol. The number of ketones is 1. The molecular weight excluding hydrogens is 588 g/mol. The fraction of sp³-hybridized carbons (Fsp3) is 0.667. The molecule has 0 N–H and O–H groups in total. The van der Waals surface area contributed by atoms with Crippen molar-refractivity contribution in [1.82, 2.24) is 0 Å². The number of hydrogen-bond donors (Lipinski definition) is 0. The summed E-state index contributed by atoms with van der Waals surface area (Å²) in [4.78, 5) is 14.9. The Morgan fingerprint density at radius 3 is 2.35 bits per heavy atom. The molecule has 264 valence electrons. The van der Waals surface area contributed by atoms with Gasteiger partial charge in [0.1, 0.15) is 5.78 Å². The van der Waals surface area contributed by atoms with Gasteiger partial charge in [-0.05, 0) is 122 Å². The van der Waals surface area contributed by atoms with Gasteiger partial charge in [-0.25, -0.2) is 0 Å². The molecule has 0 aliphatic heterocycles. The Hall–Kier alpha value is -2.23. The summed E-state index contributed by atoms with van der Waals surface area (Å²) in [6.45, 7) is 24.3. The minimum Gasteiger partial charge on any atom is -0.381 e. The van der Waals surface area contributed by atoms with Crippen LogP contribution in [0.3, 0.4) is 0 Å². The topological polar surface area (TPSA) is 35.5 Å². The van der Waals surface area contributed by atoms with E-state index >= 15 is 0 Å². The number of carbonyl (C=O) groups excluding carboxylic acids is 1. The van der Waals surface area contributed by atoms with Crippen LogP contribution < -0.4 is 0 Å². The van der Waals surface area contributed by atoms with Gasteiger partial charge >= 0.3 is 0 Å². The first-order valence-electron chi connectivity index (χ1n) is 19.6. The van der Waals surface area contributed by atoms with Crippen LogP contribution in [0.4, 0.5) is 0 Å². The Balaban J connectivity index is 1.22. The van der Waals surface area contributed by atoms with E-state index in [0.717, 1.165) is 82.3 Å². The summed E-state index contributed by atoms with van der Waals surface area (Å²) in [6, 6.07) is 8.89. The van der Waals surface area contributed by atoms with E-state index in [2.05, 4.69) is 64.4 Å². The van der Waals surface area contributed by atoms with Gasteiger partial charge in [-0.15, -0.1) is 13.2 Å². The lowest BCUT2D eigenvalue weighted by Gasteiger charge is -2.32. The molecule has 1 aromatic carbocycles. The summed E-state index contributed by atoms with van der Waals surface area (Å²) in [5.41, 5.74) is 5.69. The predicted octanol–water partition coefficient (Wildman–Crippen LogP) is 10.9. The van der Waals surface area contributed by atoms with E-state index < -0.39 is 0 Å². The van der Waals surface area contributed by atoms with Crippen molar-refractivity contribution in [3.05, 3.63) is 85.0 Å². The maximum atomic E-state index is 14.9. The molecule has 0 amide bonds. The van der Waals surface area contributed by atoms with Crippen LogP contribution >= 0.6 is 0 Å². The Morgan fingerprint density at radius 2 is 1.67 bits per heavy atom. The zero-order valence-electron chi connectivity index (χ0n) is 30.6. The third-order valence-corrected chi connectivity index (χ3v) is 13.0. The monoisotopic (exact) mass is 655 g/mol. The Kier molecular flexibility index (Phi) is 13.6. The van der Waals surface area contributed by atoms with Crippen molar-refractivity contribution in [3.8, 4) is 0 Å². The lowest BCUT2D eigenvalue weighted by atomic mass is 9.72. The van der Waals surface area contributed by atoms with Gasteiger partial charge in [-0.1, -0.05) is 101 Å². The van der Waals surface area contributed by atoms with Gasteiger partial charge in [-0.3, -0.25) is 4.79 Å². The van der Waals surface area contributed by atoms with Crippen molar-refractivity contribution in [1.29, 1.82) is 0 Å². The highest BCUT2D eigenvalue weighted by atomic mass is 16.5. The fourth-order valence-electron chi connectivity index (χ4n) is 10.1. The van der Waals surface area contributed by atoms with E-state index in [9.17, 15) is 4.79 Å². The van der Waals surface area contributed by atoms with Crippen molar-refractivity contribution in [2.75, 3.05) is 26.4 Å². The average Bonchev–Trinajstić information content (AvgIpc) is 3.40. The van der Waals surface area contributed by atoms with Crippen LogP contribution in [0, 0.1) is 52.8 Å². The van der Waals surface area contributed by atoms with E-state index in [1.165, 1.54) is 48.8 Å². The number of ether oxygens (including phenoxy) is 2. The Morgan fingerprint density at radius 1 is 0.958 bits per heavy atom. The van der Waals surface area contributed by atoms with Crippen LogP contribution in [0.25, 0.3) is 0 Å². The average molecular weight is 655 g/mol.